The maximum atomic E-state index is 12.0. The highest BCUT2D eigenvalue weighted by molar-refractivity contribution is 5.82. The molecule has 0 aliphatic carbocycles. The number of furan rings is 1. The van der Waals surface area contributed by atoms with Crippen molar-refractivity contribution in [2.24, 2.45) is 0 Å². The first kappa shape index (κ1) is 14.3. The predicted octanol–water partition coefficient (Wildman–Crippen LogP) is 3.44. The molecule has 0 saturated heterocycles. The van der Waals surface area contributed by atoms with Gasteiger partial charge in [-0.15, -0.1) is 0 Å². The van der Waals surface area contributed by atoms with Crippen molar-refractivity contribution in [2.45, 2.75) is 26.2 Å². The minimum Gasteiger partial charge on any atom is -0.466 e. The van der Waals surface area contributed by atoms with Crippen LogP contribution in [0.3, 0.4) is 0 Å². The second kappa shape index (κ2) is 6.02. The third kappa shape index (κ3) is 3.17. The SMILES string of the molecule is Cc1ccc(CC(=O)CCc2cc3ccccc3c(=O)o2)o1. The summed E-state index contributed by atoms with van der Waals surface area (Å²) in [4.78, 5) is 23.8. The molecule has 0 atom stereocenters. The molecular weight excluding hydrogens is 280 g/mol. The van der Waals surface area contributed by atoms with Gasteiger partial charge < -0.3 is 8.83 Å². The molecule has 0 saturated carbocycles. The van der Waals surface area contributed by atoms with Gasteiger partial charge in [0, 0.05) is 12.8 Å². The van der Waals surface area contributed by atoms with E-state index in [0.29, 0.717) is 29.7 Å². The lowest BCUT2D eigenvalue weighted by Gasteiger charge is -2.02. The lowest BCUT2D eigenvalue weighted by molar-refractivity contribution is -0.118. The standard InChI is InChI=1S/C18H16O4/c1-12-6-8-16(21-12)11-14(19)7-9-15-10-13-4-2-3-5-17(13)18(20)22-15/h2-6,8,10H,7,9,11H2,1H3. The van der Waals surface area contributed by atoms with Gasteiger partial charge in [-0.05, 0) is 36.6 Å². The molecule has 3 rings (SSSR count). The average Bonchev–Trinajstić information content (AvgIpc) is 2.90. The molecule has 0 radical (unpaired) electrons. The molecule has 0 bridgehead atoms. The highest BCUT2D eigenvalue weighted by Gasteiger charge is 2.10. The number of hydrogen-bond donors (Lipinski definition) is 0. The molecule has 0 spiro atoms. The molecule has 0 N–H and O–H groups in total. The van der Waals surface area contributed by atoms with E-state index in [1.165, 1.54) is 0 Å². The molecule has 0 aliphatic rings. The number of ketones is 1. The van der Waals surface area contributed by atoms with Crippen LogP contribution in [0.4, 0.5) is 0 Å². The van der Waals surface area contributed by atoms with Gasteiger partial charge in [0.25, 0.3) is 0 Å². The predicted molar refractivity (Wildman–Crippen MR) is 83.0 cm³/mol. The minimum absolute atomic E-state index is 0.0603. The normalized spacial score (nSPS) is 11.0. The van der Waals surface area contributed by atoms with Gasteiger partial charge in [0.1, 0.15) is 23.1 Å². The number of aryl methyl sites for hydroxylation is 2. The molecule has 112 valence electrons. The molecule has 2 heterocycles. The summed E-state index contributed by atoms with van der Waals surface area (Å²) in [5.74, 6) is 2.06. The Morgan fingerprint density at radius 3 is 2.64 bits per heavy atom. The van der Waals surface area contributed by atoms with E-state index in [4.69, 9.17) is 8.83 Å². The van der Waals surface area contributed by atoms with E-state index in [1.807, 2.05) is 37.3 Å². The molecule has 0 fully saturated rings. The van der Waals surface area contributed by atoms with Gasteiger partial charge in [-0.25, -0.2) is 4.79 Å². The van der Waals surface area contributed by atoms with Crippen molar-refractivity contribution in [3.63, 3.8) is 0 Å². The summed E-state index contributed by atoms with van der Waals surface area (Å²) in [6.07, 6.45) is 1.01. The molecule has 0 aliphatic heterocycles. The lowest BCUT2D eigenvalue weighted by atomic mass is 10.1. The van der Waals surface area contributed by atoms with E-state index in [0.717, 1.165) is 11.1 Å². The number of carbonyl (C=O) groups is 1. The van der Waals surface area contributed by atoms with Crippen molar-refractivity contribution in [1.29, 1.82) is 0 Å². The summed E-state index contributed by atoms with van der Waals surface area (Å²) in [6.45, 7) is 1.84. The third-order valence-corrected chi connectivity index (χ3v) is 3.54. The van der Waals surface area contributed by atoms with Crippen LogP contribution in [0.15, 0.2) is 56.1 Å². The fourth-order valence-electron chi connectivity index (χ4n) is 2.43. The smallest absolute Gasteiger partial charge is 0.343 e. The summed E-state index contributed by atoms with van der Waals surface area (Å²) in [5.41, 5.74) is -0.359. The minimum atomic E-state index is -0.359. The Hall–Kier alpha value is -2.62. The zero-order valence-electron chi connectivity index (χ0n) is 12.3. The summed E-state index contributed by atoms with van der Waals surface area (Å²) in [7, 11) is 0. The lowest BCUT2D eigenvalue weighted by Crippen LogP contribution is -2.06. The molecule has 0 amide bonds. The molecule has 2 aromatic heterocycles. The van der Waals surface area contributed by atoms with Gasteiger partial charge in [0.05, 0.1) is 11.8 Å². The van der Waals surface area contributed by atoms with E-state index in [9.17, 15) is 9.59 Å². The van der Waals surface area contributed by atoms with Crippen LogP contribution in [-0.4, -0.2) is 5.78 Å². The topological polar surface area (TPSA) is 60.4 Å². The number of benzene rings is 1. The molecule has 22 heavy (non-hydrogen) atoms. The van der Waals surface area contributed by atoms with Crippen LogP contribution in [-0.2, 0) is 17.6 Å². The number of rotatable bonds is 5. The summed E-state index contributed by atoms with van der Waals surface area (Å²) >= 11 is 0. The first-order valence-corrected chi connectivity index (χ1v) is 7.20. The maximum Gasteiger partial charge on any atom is 0.343 e. The Bertz CT molecular complexity index is 870. The van der Waals surface area contributed by atoms with Crippen molar-refractivity contribution < 1.29 is 13.6 Å². The first-order valence-electron chi connectivity index (χ1n) is 7.20. The Kier molecular flexibility index (Phi) is 3.92. The summed E-state index contributed by atoms with van der Waals surface area (Å²) in [5, 5.41) is 1.39. The second-order valence-corrected chi connectivity index (χ2v) is 5.32. The number of fused-ring (bicyclic) bond motifs is 1. The van der Waals surface area contributed by atoms with Crippen LogP contribution in [0, 0.1) is 6.92 Å². The number of Topliss-reactive ketones (excluding diaryl/α,β-unsaturated/α-hetero) is 1. The van der Waals surface area contributed by atoms with Gasteiger partial charge >= 0.3 is 5.63 Å². The molecule has 4 nitrogen and oxygen atoms in total. The van der Waals surface area contributed by atoms with Crippen molar-refractivity contribution in [3.8, 4) is 0 Å². The average molecular weight is 296 g/mol. The van der Waals surface area contributed by atoms with Gasteiger partial charge in [0.2, 0.25) is 0 Å². The monoisotopic (exact) mass is 296 g/mol. The van der Waals surface area contributed by atoms with Crippen LogP contribution in [0.1, 0.15) is 23.7 Å². The Morgan fingerprint density at radius 2 is 1.86 bits per heavy atom. The van der Waals surface area contributed by atoms with Gasteiger partial charge in [-0.1, -0.05) is 18.2 Å². The zero-order valence-corrected chi connectivity index (χ0v) is 12.3. The van der Waals surface area contributed by atoms with E-state index >= 15 is 0 Å². The fourth-order valence-corrected chi connectivity index (χ4v) is 2.43. The maximum absolute atomic E-state index is 12.0. The number of carbonyl (C=O) groups excluding carboxylic acids is 1. The van der Waals surface area contributed by atoms with Crippen LogP contribution >= 0.6 is 0 Å². The highest BCUT2D eigenvalue weighted by atomic mass is 16.4. The first-order chi connectivity index (χ1) is 10.6. The fraction of sp³-hybridized carbons (Fsp3) is 0.222. The van der Waals surface area contributed by atoms with E-state index in [-0.39, 0.29) is 17.8 Å². The largest absolute Gasteiger partial charge is 0.466 e. The van der Waals surface area contributed by atoms with Crippen molar-refractivity contribution >= 4 is 16.6 Å². The van der Waals surface area contributed by atoms with Gasteiger partial charge in [-0.3, -0.25) is 4.79 Å². The van der Waals surface area contributed by atoms with Gasteiger partial charge in [0.15, 0.2) is 0 Å². The van der Waals surface area contributed by atoms with Crippen LogP contribution in [0.2, 0.25) is 0 Å². The van der Waals surface area contributed by atoms with Crippen LogP contribution in [0.25, 0.3) is 10.8 Å². The van der Waals surface area contributed by atoms with Crippen molar-refractivity contribution in [1.82, 2.24) is 0 Å². The Labute approximate surface area is 127 Å². The van der Waals surface area contributed by atoms with Crippen molar-refractivity contribution in [2.75, 3.05) is 0 Å². The molecule has 4 heteroatoms. The Morgan fingerprint density at radius 1 is 1.05 bits per heavy atom. The summed E-state index contributed by atoms with van der Waals surface area (Å²) in [6, 6.07) is 12.7. The zero-order chi connectivity index (χ0) is 15.5. The summed E-state index contributed by atoms with van der Waals surface area (Å²) < 4.78 is 10.7. The van der Waals surface area contributed by atoms with E-state index in [1.54, 1.807) is 12.1 Å². The van der Waals surface area contributed by atoms with E-state index < -0.39 is 0 Å². The van der Waals surface area contributed by atoms with Crippen molar-refractivity contribution in [3.05, 3.63) is 70.2 Å². The molecular formula is C18H16O4. The highest BCUT2D eigenvalue weighted by Crippen LogP contribution is 2.14. The Balaban J connectivity index is 1.68. The third-order valence-electron chi connectivity index (χ3n) is 3.54. The molecule has 1 aromatic carbocycles. The molecule has 0 unspecified atom stereocenters. The van der Waals surface area contributed by atoms with Crippen LogP contribution < -0.4 is 5.63 Å². The quantitative estimate of drug-likeness (QED) is 0.723. The van der Waals surface area contributed by atoms with Crippen LogP contribution in [0.5, 0.6) is 0 Å². The van der Waals surface area contributed by atoms with Gasteiger partial charge in [-0.2, -0.15) is 0 Å². The second-order valence-electron chi connectivity index (χ2n) is 5.32. The van der Waals surface area contributed by atoms with E-state index in [2.05, 4.69) is 0 Å². The molecule has 3 aromatic rings. The number of hydrogen-bond acceptors (Lipinski definition) is 4.